The number of methoxy groups -OCH3 is 1. The minimum atomic E-state index is -2.31. The van der Waals surface area contributed by atoms with Crippen molar-refractivity contribution < 1.29 is 13.5 Å². The van der Waals surface area contributed by atoms with E-state index < -0.39 is 11.3 Å². The molecule has 0 saturated heterocycles. The maximum absolute atomic E-state index is 10.6. The molecule has 25 heavy (non-hydrogen) atoms. The number of fused-ring (bicyclic) bond motifs is 1. The van der Waals surface area contributed by atoms with Crippen LogP contribution in [0.15, 0.2) is 42.7 Å². The van der Waals surface area contributed by atoms with Gasteiger partial charge in [-0.05, 0) is 11.1 Å². The molecule has 0 aliphatic carbocycles. The Hall–Kier alpha value is -2.86. The molecule has 0 fully saturated rings. The highest BCUT2D eigenvalue weighted by Gasteiger charge is 2.12. The molecule has 3 aromatic rings. The molecule has 0 spiro atoms. The van der Waals surface area contributed by atoms with Crippen molar-refractivity contribution >= 4 is 22.2 Å². The molecule has 7 nitrogen and oxygen atoms in total. The largest absolute Gasteiger partial charge is 0.760 e. The smallest absolute Gasteiger partial charge is 0.213 e. The zero-order valence-corrected chi connectivity index (χ0v) is 14.0. The summed E-state index contributed by atoms with van der Waals surface area (Å²) >= 11 is -2.31. The van der Waals surface area contributed by atoms with Crippen LogP contribution in [0.2, 0.25) is 0 Å². The Morgan fingerprint density at radius 3 is 2.68 bits per heavy atom. The molecule has 3 rings (SSSR count). The van der Waals surface area contributed by atoms with Crippen molar-refractivity contribution in [3.05, 3.63) is 53.9 Å². The van der Waals surface area contributed by atoms with Gasteiger partial charge in [-0.3, -0.25) is 9.19 Å². The van der Waals surface area contributed by atoms with Gasteiger partial charge < -0.3 is 9.29 Å². The minimum Gasteiger partial charge on any atom is -0.760 e. The first-order chi connectivity index (χ1) is 12.1. The first kappa shape index (κ1) is 17.0. The van der Waals surface area contributed by atoms with Gasteiger partial charge in [-0.15, -0.1) is 0 Å². The van der Waals surface area contributed by atoms with Crippen LogP contribution in [-0.4, -0.2) is 25.8 Å². The Morgan fingerprint density at radius 2 is 2.04 bits per heavy atom. The number of pyridine rings is 2. The van der Waals surface area contributed by atoms with Gasteiger partial charge in [0.1, 0.15) is 6.07 Å². The fourth-order valence-corrected chi connectivity index (χ4v) is 2.80. The van der Waals surface area contributed by atoms with Crippen molar-refractivity contribution in [1.29, 1.82) is 5.26 Å². The second-order valence-corrected chi connectivity index (χ2v) is 5.91. The van der Waals surface area contributed by atoms with E-state index in [0.29, 0.717) is 17.0 Å². The predicted molar refractivity (Wildman–Crippen MR) is 92.0 cm³/mol. The Kier molecular flexibility index (Phi) is 5.00. The normalized spacial score (nSPS) is 11.9. The average Bonchev–Trinajstić information content (AvgIpc) is 2.65. The number of nitrogens with one attached hydrogen (secondary N) is 1. The van der Waals surface area contributed by atoms with Gasteiger partial charge in [-0.25, -0.2) is 9.71 Å². The fourth-order valence-electron chi connectivity index (χ4n) is 2.51. The highest BCUT2D eigenvalue weighted by molar-refractivity contribution is 7.77. The third kappa shape index (κ3) is 3.64. The van der Waals surface area contributed by atoms with Crippen molar-refractivity contribution in [2.24, 2.45) is 0 Å². The first-order valence-electron chi connectivity index (χ1n) is 7.27. The van der Waals surface area contributed by atoms with Gasteiger partial charge in [0.2, 0.25) is 5.88 Å². The van der Waals surface area contributed by atoms with Crippen LogP contribution in [0, 0.1) is 11.3 Å². The summed E-state index contributed by atoms with van der Waals surface area (Å²) in [5.41, 5.74) is 3.46. The number of rotatable bonds is 5. The number of nitrogens with zero attached hydrogens (tertiary/aromatic N) is 3. The van der Waals surface area contributed by atoms with E-state index in [-0.39, 0.29) is 6.54 Å². The molecule has 2 aromatic heterocycles. The molecule has 0 radical (unpaired) electrons. The van der Waals surface area contributed by atoms with Crippen LogP contribution >= 0.6 is 0 Å². The zero-order valence-electron chi connectivity index (χ0n) is 13.2. The number of aromatic nitrogens is 2. The quantitative estimate of drug-likeness (QED) is 0.703. The van der Waals surface area contributed by atoms with E-state index in [1.807, 2.05) is 12.1 Å². The molecule has 1 atom stereocenters. The Morgan fingerprint density at radius 1 is 1.28 bits per heavy atom. The van der Waals surface area contributed by atoms with Gasteiger partial charge in [-0.1, -0.05) is 24.3 Å². The third-order valence-corrected chi connectivity index (χ3v) is 4.08. The first-order valence-corrected chi connectivity index (χ1v) is 8.35. The summed E-state index contributed by atoms with van der Waals surface area (Å²) in [5, 5.41) is 10.2. The van der Waals surface area contributed by atoms with Crippen LogP contribution < -0.4 is 9.46 Å². The fraction of sp³-hybridized carbons (Fsp3) is 0.118. The average molecular weight is 353 g/mol. The maximum atomic E-state index is 10.6. The van der Waals surface area contributed by atoms with Crippen LogP contribution in [0.25, 0.3) is 22.0 Å². The second kappa shape index (κ2) is 7.36. The van der Waals surface area contributed by atoms with Gasteiger partial charge in [0.25, 0.3) is 0 Å². The van der Waals surface area contributed by atoms with E-state index in [2.05, 4.69) is 20.8 Å². The van der Waals surface area contributed by atoms with Crippen molar-refractivity contribution in [3.63, 3.8) is 0 Å². The maximum Gasteiger partial charge on any atom is 0.213 e. The lowest BCUT2D eigenvalue weighted by molar-refractivity contribution is 0.398. The highest BCUT2D eigenvalue weighted by atomic mass is 32.2. The summed E-state index contributed by atoms with van der Waals surface area (Å²) < 4.78 is 28.6. The third-order valence-electron chi connectivity index (χ3n) is 3.70. The van der Waals surface area contributed by atoms with Crippen molar-refractivity contribution in [2.45, 2.75) is 6.54 Å². The molecule has 0 aliphatic heterocycles. The number of hydrogen-bond acceptors (Lipinski definition) is 6. The van der Waals surface area contributed by atoms with E-state index in [9.17, 15) is 14.0 Å². The summed E-state index contributed by atoms with van der Waals surface area (Å²) in [5.74, 6) is 0.435. The lowest BCUT2D eigenvalue weighted by atomic mass is 9.97. The molecule has 0 aliphatic rings. The Labute approximate surface area is 146 Å². The van der Waals surface area contributed by atoms with Crippen LogP contribution in [0.5, 0.6) is 5.88 Å². The lowest BCUT2D eigenvalue weighted by Crippen LogP contribution is -2.15. The van der Waals surface area contributed by atoms with Crippen molar-refractivity contribution in [2.75, 3.05) is 7.11 Å². The highest BCUT2D eigenvalue weighted by Crippen LogP contribution is 2.32. The summed E-state index contributed by atoms with van der Waals surface area (Å²) in [6.45, 7) is 0.205. The summed E-state index contributed by atoms with van der Waals surface area (Å²) in [4.78, 5) is 8.40. The van der Waals surface area contributed by atoms with E-state index in [1.165, 1.54) is 13.3 Å². The van der Waals surface area contributed by atoms with E-state index in [1.54, 1.807) is 24.4 Å². The van der Waals surface area contributed by atoms with Crippen LogP contribution in [-0.2, 0) is 17.8 Å². The van der Waals surface area contributed by atoms with E-state index >= 15 is 0 Å². The second-order valence-electron chi connectivity index (χ2n) is 5.16. The van der Waals surface area contributed by atoms with Crippen LogP contribution in [0.3, 0.4) is 0 Å². The van der Waals surface area contributed by atoms with Crippen molar-refractivity contribution in [1.82, 2.24) is 14.7 Å². The van der Waals surface area contributed by atoms with Gasteiger partial charge >= 0.3 is 0 Å². The predicted octanol–water partition coefficient (Wildman–Crippen LogP) is 2.06. The zero-order chi connectivity index (χ0) is 17.8. The lowest BCUT2D eigenvalue weighted by Gasteiger charge is -2.11. The standard InChI is InChI=1S/C17H14N4O3S/c1-24-16-6-14-15(10-20-16)19-9-13(7-18)17(14)12-4-2-11(3-5-12)8-21-25(22)23/h2-6,9-10,21H,8H2,1H3,(H,22,23)/p-1. The van der Waals surface area contributed by atoms with Crippen LogP contribution in [0.4, 0.5) is 0 Å². The number of benzene rings is 1. The Balaban J connectivity index is 2.10. The number of ether oxygens (including phenoxy) is 1. The number of hydrogen-bond donors (Lipinski definition) is 1. The summed E-state index contributed by atoms with van der Waals surface area (Å²) in [6, 6.07) is 11.2. The molecule has 1 unspecified atom stereocenters. The Bertz CT molecular complexity index is 984. The van der Waals surface area contributed by atoms with Gasteiger partial charge in [0.15, 0.2) is 0 Å². The monoisotopic (exact) mass is 353 g/mol. The summed E-state index contributed by atoms with van der Waals surface area (Å²) in [6.07, 6.45) is 3.11. The van der Waals surface area contributed by atoms with E-state index in [0.717, 1.165) is 22.1 Å². The van der Waals surface area contributed by atoms with Gasteiger partial charge in [0.05, 0.1) is 24.4 Å². The molecular formula is C17H13N4O3S-. The molecule has 0 amide bonds. The molecule has 8 heteroatoms. The number of nitriles is 1. The van der Waals surface area contributed by atoms with Gasteiger partial charge in [-0.2, -0.15) is 5.26 Å². The van der Waals surface area contributed by atoms with E-state index in [4.69, 9.17) is 4.74 Å². The topological polar surface area (TPSA) is 111 Å². The molecule has 0 saturated carbocycles. The molecule has 2 heterocycles. The SMILES string of the molecule is COc1cc2c(-c3ccc(CNS(=O)[O-])cc3)c(C#N)cnc2cn1. The van der Waals surface area contributed by atoms with Crippen molar-refractivity contribution in [3.8, 4) is 23.1 Å². The molecular weight excluding hydrogens is 340 g/mol. The van der Waals surface area contributed by atoms with Crippen LogP contribution in [0.1, 0.15) is 11.1 Å². The molecule has 1 N–H and O–H groups in total. The molecule has 1 aromatic carbocycles. The molecule has 0 bridgehead atoms. The minimum absolute atomic E-state index is 0.205. The van der Waals surface area contributed by atoms with Gasteiger partial charge in [0, 0.05) is 41.0 Å². The summed E-state index contributed by atoms with van der Waals surface area (Å²) in [7, 11) is 1.52. The molecule has 126 valence electrons.